The standard InChI is InChI=1S/C6H12N4S/c1-2-5(3-7)10-6-8-4-9-11-6/h4-5H,2-3,7H2,1H3,(H,8,9,10). The van der Waals surface area contributed by atoms with Crippen LogP contribution in [0.25, 0.3) is 0 Å². The fourth-order valence-corrected chi connectivity index (χ4v) is 1.25. The Kier molecular flexibility index (Phi) is 3.25. The number of hydrogen-bond donors (Lipinski definition) is 2. The van der Waals surface area contributed by atoms with Crippen LogP contribution in [0.3, 0.4) is 0 Å². The van der Waals surface area contributed by atoms with Crippen LogP contribution in [0.1, 0.15) is 13.3 Å². The first-order chi connectivity index (χ1) is 5.36. The highest BCUT2D eigenvalue weighted by molar-refractivity contribution is 7.09. The smallest absolute Gasteiger partial charge is 0.202 e. The van der Waals surface area contributed by atoms with E-state index in [1.165, 1.54) is 17.9 Å². The Bertz CT molecular complexity index is 182. The molecular weight excluding hydrogens is 160 g/mol. The molecule has 0 radical (unpaired) electrons. The van der Waals surface area contributed by atoms with Crippen molar-refractivity contribution in [3.05, 3.63) is 6.33 Å². The van der Waals surface area contributed by atoms with E-state index in [0.29, 0.717) is 12.6 Å². The first-order valence-corrected chi connectivity index (χ1v) is 4.37. The molecule has 3 N–H and O–H groups in total. The monoisotopic (exact) mass is 172 g/mol. The Morgan fingerprint density at radius 2 is 2.64 bits per heavy atom. The van der Waals surface area contributed by atoms with Gasteiger partial charge >= 0.3 is 0 Å². The minimum absolute atomic E-state index is 0.322. The van der Waals surface area contributed by atoms with Crippen molar-refractivity contribution < 1.29 is 0 Å². The van der Waals surface area contributed by atoms with Crippen LogP contribution in [0.2, 0.25) is 0 Å². The summed E-state index contributed by atoms with van der Waals surface area (Å²) < 4.78 is 3.87. The molecule has 11 heavy (non-hydrogen) atoms. The molecule has 0 saturated carbocycles. The molecule has 0 fully saturated rings. The molecule has 1 unspecified atom stereocenters. The molecule has 0 bridgehead atoms. The zero-order valence-electron chi connectivity index (χ0n) is 6.45. The van der Waals surface area contributed by atoms with E-state index in [0.717, 1.165) is 11.6 Å². The molecule has 0 aromatic carbocycles. The Morgan fingerprint density at radius 1 is 1.82 bits per heavy atom. The highest BCUT2D eigenvalue weighted by Gasteiger charge is 2.03. The van der Waals surface area contributed by atoms with Gasteiger partial charge in [0.2, 0.25) is 5.13 Å². The van der Waals surface area contributed by atoms with Crippen LogP contribution in [-0.2, 0) is 0 Å². The van der Waals surface area contributed by atoms with Gasteiger partial charge in [0, 0.05) is 24.1 Å². The molecule has 0 aliphatic heterocycles. The predicted octanol–water partition coefficient (Wildman–Crippen LogP) is 0.687. The molecule has 62 valence electrons. The number of aromatic nitrogens is 2. The second-order valence-corrected chi connectivity index (χ2v) is 3.01. The summed E-state index contributed by atoms with van der Waals surface area (Å²) in [7, 11) is 0. The number of hydrogen-bond acceptors (Lipinski definition) is 5. The van der Waals surface area contributed by atoms with Gasteiger partial charge in [0.15, 0.2) is 0 Å². The van der Waals surface area contributed by atoms with Gasteiger partial charge in [0.05, 0.1) is 0 Å². The summed E-state index contributed by atoms with van der Waals surface area (Å²) in [6.45, 7) is 2.72. The predicted molar refractivity (Wildman–Crippen MR) is 46.7 cm³/mol. The summed E-state index contributed by atoms with van der Waals surface area (Å²) in [6, 6.07) is 0.322. The third-order valence-corrected chi connectivity index (χ3v) is 2.06. The minimum atomic E-state index is 0.322. The average molecular weight is 172 g/mol. The Morgan fingerprint density at radius 3 is 3.09 bits per heavy atom. The zero-order chi connectivity index (χ0) is 8.10. The minimum Gasteiger partial charge on any atom is -0.356 e. The number of nitrogens with two attached hydrogens (primary N) is 1. The zero-order valence-corrected chi connectivity index (χ0v) is 7.27. The second-order valence-electron chi connectivity index (χ2n) is 2.23. The normalized spacial score (nSPS) is 12.9. The van der Waals surface area contributed by atoms with Crippen molar-refractivity contribution in [2.75, 3.05) is 11.9 Å². The van der Waals surface area contributed by atoms with E-state index in [1.807, 2.05) is 0 Å². The van der Waals surface area contributed by atoms with Gasteiger partial charge in [0.25, 0.3) is 0 Å². The van der Waals surface area contributed by atoms with Crippen molar-refractivity contribution in [1.82, 2.24) is 9.36 Å². The molecule has 1 rings (SSSR count). The molecule has 1 aromatic heterocycles. The molecule has 0 aliphatic carbocycles. The van der Waals surface area contributed by atoms with Crippen molar-refractivity contribution in [1.29, 1.82) is 0 Å². The fraction of sp³-hybridized carbons (Fsp3) is 0.667. The lowest BCUT2D eigenvalue weighted by molar-refractivity contribution is 0.703. The summed E-state index contributed by atoms with van der Waals surface area (Å²) in [5.41, 5.74) is 5.49. The Labute approximate surface area is 70.0 Å². The topological polar surface area (TPSA) is 63.8 Å². The lowest BCUT2D eigenvalue weighted by Gasteiger charge is -2.11. The molecule has 4 nitrogen and oxygen atoms in total. The van der Waals surface area contributed by atoms with Crippen LogP contribution in [0, 0.1) is 0 Å². The molecular formula is C6H12N4S. The highest BCUT2D eigenvalue weighted by atomic mass is 32.1. The fourth-order valence-electron chi connectivity index (χ4n) is 0.739. The molecule has 0 saturated heterocycles. The summed E-state index contributed by atoms with van der Waals surface area (Å²) in [5, 5.41) is 4.03. The maximum Gasteiger partial charge on any atom is 0.202 e. The van der Waals surface area contributed by atoms with E-state index in [9.17, 15) is 0 Å². The van der Waals surface area contributed by atoms with E-state index < -0.39 is 0 Å². The first kappa shape index (κ1) is 8.42. The highest BCUT2D eigenvalue weighted by Crippen LogP contribution is 2.08. The van der Waals surface area contributed by atoms with E-state index >= 15 is 0 Å². The number of rotatable bonds is 4. The molecule has 0 amide bonds. The van der Waals surface area contributed by atoms with Gasteiger partial charge in [-0.1, -0.05) is 6.92 Å². The Balaban J connectivity index is 2.41. The van der Waals surface area contributed by atoms with Gasteiger partial charge in [-0.25, -0.2) is 4.98 Å². The first-order valence-electron chi connectivity index (χ1n) is 3.60. The van der Waals surface area contributed by atoms with Crippen LogP contribution in [0.15, 0.2) is 6.33 Å². The average Bonchev–Trinajstić information content (AvgIpc) is 2.52. The van der Waals surface area contributed by atoms with Crippen LogP contribution in [0.5, 0.6) is 0 Å². The van der Waals surface area contributed by atoms with Crippen molar-refractivity contribution in [3.63, 3.8) is 0 Å². The van der Waals surface area contributed by atoms with Crippen LogP contribution >= 0.6 is 11.5 Å². The van der Waals surface area contributed by atoms with Crippen LogP contribution in [-0.4, -0.2) is 21.9 Å². The molecule has 0 aliphatic rings. The maximum atomic E-state index is 5.49. The Hall–Kier alpha value is -0.680. The molecule has 1 heterocycles. The van der Waals surface area contributed by atoms with Gasteiger partial charge < -0.3 is 11.1 Å². The van der Waals surface area contributed by atoms with Crippen LogP contribution < -0.4 is 11.1 Å². The lowest BCUT2D eigenvalue weighted by Crippen LogP contribution is -2.27. The van der Waals surface area contributed by atoms with Gasteiger partial charge in [-0.15, -0.1) is 0 Å². The quantitative estimate of drug-likeness (QED) is 0.701. The SMILES string of the molecule is CCC(CN)Nc1ncns1. The van der Waals surface area contributed by atoms with Crippen molar-refractivity contribution >= 4 is 16.7 Å². The van der Waals surface area contributed by atoms with Crippen molar-refractivity contribution in [3.8, 4) is 0 Å². The number of nitrogens with one attached hydrogen (secondary N) is 1. The molecule has 0 spiro atoms. The lowest BCUT2D eigenvalue weighted by atomic mass is 10.2. The maximum absolute atomic E-state index is 5.49. The molecule has 1 aromatic rings. The molecule has 5 heteroatoms. The van der Waals surface area contributed by atoms with E-state index in [-0.39, 0.29) is 0 Å². The van der Waals surface area contributed by atoms with Crippen LogP contribution in [0.4, 0.5) is 5.13 Å². The summed E-state index contributed by atoms with van der Waals surface area (Å²) in [4.78, 5) is 3.99. The van der Waals surface area contributed by atoms with E-state index in [2.05, 4.69) is 21.6 Å². The second kappa shape index (κ2) is 4.25. The summed E-state index contributed by atoms with van der Waals surface area (Å²) in [6.07, 6.45) is 2.55. The van der Waals surface area contributed by atoms with Gasteiger partial charge in [0.1, 0.15) is 6.33 Å². The van der Waals surface area contributed by atoms with Crippen molar-refractivity contribution in [2.24, 2.45) is 5.73 Å². The largest absolute Gasteiger partial charge is 0.356 e. The number of anilines is 1. The van der Waals surface area contributed by atoms with Crippen molar-refractivity contribution in [2.45, 2.75) is 19.4 Å². The summed E-state index contributed by atoms with van der Waals surface area (Å²) >= 11 is 1.35. The third-order valence-electron chi connectivity index (χ3n) is 1.47. The third kappa shape index (κ3) is 2.44. The van der Waals surface area contributed by atoms with Gasteiger partial charge in [-0.3, -0.25) is 0 Å². The van der Waals surface area contributed by atoms with E-state index in [4.69, 9.17) is 5.73 Å². The molecule has 1 atom stereocenters. The number of nitrogens with zero attached hydrogens (tertiary/aromatic N) is 2. The van der Waals surface area contributed by atoms with E-state index in [1.54, 1.807) is 0 Å². The summed E-state index contributed by atoms with van der Waals surface area (Å²) in [5.74, 6) is 0. The van der Waals surface area contributed by atoms with Gasteiger partial charge in [-0.2, -0.15) is 4.37 Å². The van der Waals surface area contributed by atoms with Gasteiger partial charge in [-0.05, 0) is 6.42 Å².